The second-order valence-corrected chi connectivity index (χ2v) is 5.22. The average Bonchev–Trinajstić information content (AvgIpc) is 2.46. The van der Waals surface area contributed by atoms with E-state index in [1.54, 1.807) is 0 Å². The molecule has 1 heterocycles. The van der Waals surface area contributed by atoms with Gasteiger partial charge in [-0.05, 0) is 25.0 Å². The van der Waals surface area contributed by atoms with Crippen LogP contribution in [0.25, 0.3) is 11.0 Å². The number of para-hydroxylation sites is 2. The van der Waals surface area contributed by atoms with Gasteiger partial charge in [0.05, 0.1) is 16.7 Å². The van der Waals surface area contributed by atoms with E-state index >= 15 is 0 Å². The first-order chi connectivity index (χ1) is 9.40. The molecule has 1 aromatic carbocycles. The van der Waals surface area contributed by atoms with Crippen LogP contribution in [0.4, 0.5) is 0 Å². The van der Waals surface area contributed by atoms with Crippen LogP contribution >= 0.6 is 0 Å². The Morgan fingerprint density at radius 1 is 0.842 bits per heavy atom. The minimum Gasteiger partial charge on any atom is -0.253 e. The highest BCUT2D eigenvalue weighted by Gasteiger charge is 1.99. The van der Waals surface area contributed by atoms with E-state index in [0.717, 1.165) is 23.1 Å². The van der Waals surface area contributed by atoms with Crippen LogP contribution < -0.4 is 0 Å². The van der Waals surface area contributed by atoms with E-state index in [0.29, 0.717) is 0 Å². The number of hydrogen-bond donors (Lipinski definition) is 0. The third kappa shape index (κ3) is 4.62. The lowest BCUT2D eigenvalue weighted by Crippen LogP contribution is -1.93. The molecule has 0 spiro atoms. The highest BCUT2D eigenvalue weighted by molar-refractivity contribution is 5.73. The van der Waals surface area contributed by atoms with Crippen LogP contribution in [0, 0.1) is 0 Å². The van der Waals surface area contributed by atoms with Crippen molar-refractivity contribution in [2.45, 2.75) is 58.3 Å². The number of rotatable bonds is 8. The summed E-state index contributed by atoms with van der Waals surface area (Å²) in [4.78, 5) is 9.12. The van der Waals surface area contributed by atoms with Crippen LogP contribution in [0.5, 0.6) is 0 Å². The maximum Gasteiger partial charge on any atom is 0.0890 e. The smallest absolute Gasteiger partial charge is 0.0890 e. The molecule has 0 aliphatic heterocycles. The number of unbranched alkanes of at least 4 members (excludes halogenated alkanes) is 6. The summed E-state index contributed by atoms with van der Waals surface area (Å²) in [6, 6.07) is 8.08. The van der Waals surface area contributed by atoms with Gasteiger partial charge in [-0.1, -0.05) is 57.6 Å². The first kappa shape index (κ1) is 14.0. The predicted molar refractivity (Wildman–Crippen MR) is 81.2 cm³/mol. The third-order valence-corrected chi connectivity index (χ3v) is 3.53. The lowest BCUT2D eigenvalue weighted by Gasteiger charge is -2.03. The van der Waals surface area contributed by atoms with Crippen molar-refractivity contribution in [2.24, 2.45) is 0 Å². The molecule has 0 aliphatic carbocycles. The zero-order chi connectivity index (χ0) is 13.3. The van der Waals surface area contributed by atoms with E-state index in [9.17, 15) is 0 Å². The molecule has 19 heavy (non-hydrogen) atoms. The van der Waals surface area contributed by atoms with Gasteiger partial charge in [-0.3, -0.25) is 4.98 Å². The van der Waals surface area contributed by atoms with E-state index in [1.165, 1.54) is 44.9 Å². The predicted octanol–water partition coefficient (Wildman–Crippen LogP) is 4.92. The van der Waals surface area contributed by atoms with Crippen molar-refractivity contribution in [2.75, 3.05) is 0 Å². The van der Waals surface area contributed by atoms with Gasteiger partial charge >= 0.3 is 0 Å². The van der Waals surface area contributed by atoms with E-state index in [1.807, 2.05) is 30.5 Å². The van der Waals surface area contributed by atoms with Crippen molar-refractivity contribution in [1.29, 1.82) is 0 Å². The van der Waals surface area contributed by atoms with Crippen LogP contribution in [-0.2, 0) is 6.42 Å². The Kier molecular flexibility index (Phi) is 5.80. The Balaban J connectivity index is 1.72. The van der Waals surface area contributed by atoms with E-state index in [2.05, 4.69) is 16.9 Å². The van der Waals surface area contributed by atoms with Gasteiger partial charge in [-0.25, -0.2) is 4.98 Å². The number of fused-ring (bicyclic) bond motifs is 1. The van der Waals surface area contributed by atoms with Gasteiger partial charge in [0.25, 0.3) is 0 Å². The molecule has 0 N–H and O–H groups in total. The summed E-state index contributed by atoms with van der Waals surface area (Å²) in [6.07, 6.45) is 12.4. The van der Waals surface area contributed by atoms with Crippen LogP contribution in [0.15, 0.2) is 30.5 Å². The van der Waals surface area contributed by atoms with Gasteiger partial charge in [0.15, 0.2) is 0 Å². The summed E-state index contributed by atoms with van der Waals surface area (Å²) >= 11 is 0. The molecule has 0 saturated carbocycles. The molecule has 0 bridgehead atoms. The van der Waals surface area contributed by atoms with Gasteiger partial charge in [-0.15, -0.1) is 0 Å². The SMILES string of the molecule is CCCCCCCCCc1cnc2ccccc2n1. The summed E-state index contributed by atoms with van der Waals surface area (Å²) in [7, 11) is 0. The second kappa shape index (κ2) is 7.88. The molecule has 0 amide bonds. The molecule has 0 fully saturated rings. The average molecular weight is 256 g/mol. The fourth-order valence-corrected chi connectivity index (χ4v) is 2.38. The van der Waals surface area contributed by atoms with Crippen molar-refractivity contribution in [1.82, 2.24) is 9.97 Å². The van der Waals surface area contributed by atoms with Crippen molar-refractivity contribution in [3.05, 3.63) is 36.2 Å². The van der Waals surface area contributed by atoms with Gasteiger partial charge in [0, 0.05) is 6.20 Å². The molecular weight excluding hydrogens is 232 g/mol. The topological polar surface area (TPSA) is 25.8 Å². The van der Waals surface area contributed by atoms with Crippen LogP contribution in [0.2, 0.25) is 0 Å². The summed E-state index contributed by atoms with van der Waals surface area (Å²) in [5.74, 6) is 0. The normalized spacial score (nSPS) is 11.0. The molecule has 2 rings (SSSR count). The Bertz CT molecular complexity index is 493. The van der Waals surface area contributed by atoms with E-state index in [4.69, 9.17) is 0 Å². The molecule has 0 saturated heterocycles. The largest absolute Gasteiger partial charge is 0.253 e. The van der Waals surface area contributed by atoms with Crippen LogP contribution in [0.1, 0.15) is 57.6 Å². The number of nitrogens with zero attached hydrogens (tertiary/aromatic N) is 2. The Morgan fingerprint density at radius 2 is 1.53 bits per heavy atom. The van der Waals surface area contributed by atoms with Crippen molar-refractivity contribution in [3.63, 3.8) is 0 Å². The third-order valence-electron chi connectivity index (χ3n) is 3.53. The number of aromatic nitrogens is 2. The summed E-state index contributed by atoms with van der Waals surface area (Å²) in [5, 5.41) is 0. The Hall–Kier alpha value is -1.44. The van der Waals surface area contributed by atoms with Gasteiger partial charge in [0.1, 0.15) is 0 Å². The monoisotopic (exact) mass is 256 g/mol. The Labute approximate surface area is 116 Å². The lowest BCUT2D eigenvalue weighted by molar-refractivity contribution is 0.587. The zero-order valence-corrected chi connectivity index (χ0v) is 11.9. The van der Waals surface area contributed by atoms with Gasteiger partial charge in [0.2, 0.25) is 0 Å². The highest BCUT2D eigenvalue weighted by atomic mass is 14.8. The Morgan fingerprint density at radius 3 is 2.32 bits per heavy atom. The quantitative estimate of drug-likeness (QED) is 0.626. The fraction of sp³-hybridized carbons (Fsp3) is 0.529. The van der Waals surface area contributed by atoms with Crippen LogP contribution in [0.3, 0.4) is 0 Å². The zero-order valence-electron chi connectivity index (χ0n) is 11.9. The fourth-order valence-electron chi connectivity index (χ4n) is 2.38. The van der Waals surface area contributed by atoms with Crippen molar-refractivity contribution >= 4 is 11.0 Å². The second-order valence-electron chi connectivity index (χ2n) is 5.22. The van der Waals surface area contributed by atoms with E-state index < -0.39 is 0 Å². The molecule has 2 aromatic rings. The minimum atomic E-state index is 0.991. The first-order valence-electron chi connectivity index (χ1n) is 7.61. The maximum absolute atomic E-state index is 4.66. The number of hydrogen-bond acceptors (Lipinski definition) is 2. The van der Waals surface area contributed by atoms with Crippen molar-refractivity contribution < 1.29 is 0 Å². The molecular formula is C17H24N2. The molecule has 2 nitrogen and oxygen atoms in total. The summed E-state index contributed by atoms with van der Waals surface area (Å²) in [5.41, 5.74) is 3.14. The molecule has 2 heteroatoms. The number of aryl methyl sites for hydroxylation is 1. The van der Waals surface area contributed by atoms with Gasteiger partial charge < -0.3 is 0 Å². The molecule has 0 atom stereocenters. The molecule has 0 aliphatic rings. The molecule has 102 valence electrons. The summed E-state index contributed by atoms with van der Waals surface area (Å²) < 4.78 is 0. The molecule has 1 aromatic heterocycles. The standard InChI is InChI=1S/C17H24N2/c1-2-3-4-5-6-7-8-11-15-14-18-16-12-9-10-13-17(16)19-15/h9-10,12-14H,2-8,11H2,1H3. The van der Waals surface area contributed by atoms with Crippen molar-refractivity contribution in [3.8, 4) is 0 Å². The molecule has 0 unspecified atom stereocenters. The lowest BCUT2D eigenvalue weighted by atomic mass is 10.1. The minimum absolute atomic E-state index is 0.991. The van der Waals surface area contributed by atoms with E-state index in [-0.39, 0.29) is 0 Å². The molecule has 0 radical (unpaired) electrons. The maximum atomic E-state index is 4.66. The first-order valence-corrected chi connectivity index (χ1v) is 7.61. The number of benzene rings is 1. The highest BCUT2D eigenvalue weighted by Crippen LogP contribution is 2.12. The summed E-state index contributed by atoms with van der Waals surface area (Å²) in [6.45, 7) is 2.26. The van der Waals surface area contributed by atoms with Crippen LogP contribution in [-0.4, -0.2) is 9.97 Å². The van der Waals surface area contributed by atoms with Gasteiger partial charge in [-0.2, -0.15) is 0 Å².